The maximum absolute atomic E-state index is 13.3. The number of carbonyl (C=O) groups excluding carboxylic acids is 6. The molecule has 5 amide bonds. The van der Waals surface area contributed by atoms with Crippen LogP contribution in [0.4, 0.5) is 0 Å². The lowest BCUT2D eigenvalue weighted by Crippen LogP contribution is -2.59. The van der Waals surface area contributed by atoms with Crippen molar-refractivity contribution < 1.29 is 33.9 Å². The molecule has 0 fully saturated rings. The van der Waals surface area contributed by atoms with Gasteiger partial charge in [0.15, 0.2) is 5.78 Å². The quantitative estimate of drug-likeness (QED) is 0.142. The number of nitrogens with one attached hydrogen (secondary N) is 3. The zero-order chi connectivity index (χ0) is 31.5. The highest BCUT2D eigenvalue weighted by Gasteiger charge is 2.31. The van der Waals surface area contributed by atoms with Crippen LogP contribution in [0, 0.1) is 0 Å². The predicted molar refractivity (Wildman–Crippen MR) is 156 cm³/mol. The molecule has 0 saturated heterocycles. The topological polar surface area (TPSA) is 211 Å². The molecule has 12 heteroatoms. The lowest BCUT2D eigenvalue weighted by atomic mass is 9.98. The monoisotopic (exact) mass is 587 g/mol. The maximum atomic E-state index is 13.3. The van der Waals surface area contributed by atoms with Gasteiger partial charge in [0.1, 0.15) is 18.1 Å². The first kappa shape index (κ1) is 32.2. The van der Waals surface area contributed by atoms with Gasteiger partial charge in [0.05, 0.1) is 12.5 Å². The van der Waals surface area contributed by atoms with Crippen LogP contribution in [0.2, 0.25) is 0 Å². The van der Waals surface area contributed by atoms with Crippen LogP contribution in [0.3, 0.4) is 0 Å². The van der Waals surface area contributed by atoms with E-state index < -0.39 is 60.2 Å². The third kappa shape index (κ3) is 9.33. The minimum Gasteiger partial charge on any atom is -0.391 e. The van der Waals surface area contributed by atoms with E-state index in [0.29, 0.717) is 16.7 Å². The van der Waals surface area contributed by atoms with Gasteiger partial charge in [-0.2, -0.15) is 0 Å². The fourth-order valence-corrected chi connectivity index (χ4v) is 4.19. The summed E-state index contributed by atoms with van der Waals surface area (Å²) < 4.78 is 0. The summed E-state index contributed by atoms with van der Waals surface area (Å²) in [5.41, 5.74) is 12.3. The first-order valence-corrected chi connectivity index (χ1v) is 13.4. The number of ketones is 1. The van der Waals surface area contributed by atoms with Crippen LogP contribution >= 0.6 is 0 Å². The van der Waals surface area contributed by atoms with Crippen molar-refractivity contribution in [3.8, 4) is 0 Å². The molecule has 4 atom stereocenters. The molecule has 3 aromatic rings. The van der Waals surface area contributed by atoms with E-state index in [4.69, 9.17) is 11.5 Å². The highest BCUT2D eigenvalue weighted by atomic mass is 16.3. The van der Waals surface area contributed by atoms with E-state index >= 15 is 0 Å². The zero-order valence-electron chi connectivity index (χ0n) is 23.4. The van der Waals surface area contributed by atoms with E-state index in [2.05, 4.69) is 16.0 Å². The molecule has 0 bridgehead atoms. The number of hydrogen-bond donors (Lipinski definition) is 6. The Bertz CT molecular complexity index is 1460. The number of primary amides is 2. The second-order valence-corrected chi connectivity index (χ2v) is 9.85. The SMILES string of the molecule is C[C@@H](O)C(NC(=O)[C@H](Cc1ccc(C(=O)c2ccccc2)cc1)NC(=O)[C@H](CC(N)=O)NC(=O)c1ccccc1)C(N)=O. The summed E-state index contributed by atoms with van der Waals surface area (Å²) >= 11 is 0. The number of nitrogens with two attached hydrogens (primary N) is 2. The Hall–Kier alpha value is -5.36. The Kier molecular flexibility index (Phi) is 11.2. The Morgan fingerprint density at radius 1 is 0.674 bits per heavy atom. The average molecular weight is 588 g/mol. The molecule has 0 aliphatic carbocycles. The number of amides is 5. The van der Waals surface area contributed by atoms with Gasteiger partial charge in [-0.15, -0.1) is 0 Å². The molecule has 0 radical (unpaired) electrons. The van der Waals surface area contributed by atoms with Crippen molar-refractivity contribution in [1.82, 2.24) is 16.0 Å². The summed E-state index contributed by atoms with van der Waals surface area (Å²) in [6.45, 7) is 1.26. The fourth-order valence-electron chi connectivity index (χ4n) is 4.19. The van der Waals surface area contributed by atoms with Crippen molar-refractivity contribution in [3.05, 3.63) is 107 Å². The van der Waals surface area contributed by atoms with Crippen LogP contribution < -0.4 is 27.4 Å². The highest BCUT2D eigenvalue weighted by molar-refractivity contribution is 6.09. The molecule has 0 heterocycles. The van der Waals surface area contributed by atoms with Gasteiger partial charge in [0.25, 0.3) is 5.91 Å². The van der Waals surface area contributed by atoms with Crippen molar-refractivity contribution >= 4 is 35.3 Å². The predicted octanol–water partition coefficient (Wildman–Crippen LogP) is -0.0302. The largest absolute Gasteiger partial charge is 0.391 e. The Morgan fingerprint density at radius 3 is 1.70 bits per heavy atom. The lowest BCUT2D eigenvalue weighted by Gasteiger charge is -2.25. The minimum atomic E-state index is -1.46. The van der Waals surface area contributed by atoms with E-state index in [9.17, 15) is 33.9 Å². The zero-order valence-corrected chi connectivity index (χ0v) is 23.4. The number of carbonyl (C=O) groups is 6. The number of benzene rings is 3. The number of aliphatic hydroxyl groups excluding tert-OH is 1. The van der Waals surface area contributed by atoms with Gasteiger partial charge in [-0.3, -0.25) is 28.8 Å². The Balaban J connectivity index is 1.84. The Labute approximate surface area is 247 Å². The first-order valence-electron chi connectivity index (χ1n) is 13.4. The van der Waals surface area contributed by atoms with Gasteiger partial charge in [-0.25, -0.2) is 0 Å². The van der Waals surface area contributed by atoms with Crippen LogP contribution in [0.25, 0.3) is 0 Å². The summed E-state index contributed by atoms with van der Waals surface area (Å²) in [4.78, 5) is 75.6. The van der Waals surface area contributed by atoms with Crippen LogP contribution in [0.5, 0.6) is 0 Å². The van der Waals surface area contributed by atoms with E-state index in [0.717, 1.165) is 0 Å². The van der Waals surface area contributed by atoms with Gasteiger partial charge in [0.2, 0.25) is 23.6 Å². The van der Waals surface area contributed by atoms with Gasteiger partial charge in [-0.1, -0.05) is 72.8 Å². The van der Waals surface area contributed by atoms with Gasteiger partial charge in [-0.05, 0) is 24.6 Å². The average Bonchev–Trinajstić information content (AvgIpc) is 2.99. The molecule has 0 spiro atoms. The van der Waals surface area contributed by atoms with Gasteiger partial charge >= 0.3 is 0 Å². The number of hydrogen-bond acceptors (Lipinski definition) is 7. The van der Waals surface area contributed by atoms with E-state index in [1.54, 1.807) is 72.8 Å². The molecular weight excluding hydrogens is 554 g/mol. The summed E-state index contributed by atoms with van der Waals surface area (Å²) in [7, 11) is 0. The Morgan fingerprint density at radius 2 is 1.19 bits per heavy atom. The summed E-state index contributed by atoms with van der Waals surface area (Å²) in [6.07, 6.45) is -2.03. The minimum absolute atomic E-state index is 0.126. The second-order valence-electron chi connectivity index (χ2n) is 9.85. The molecule has 0 saturated carbocycles. The molecule has 0 aromatic heterocycles. The molecular formula is C31H33N5O7. The molecule has 8 N–H and O–H groups in total. The standard InChI is InChI=1S/C31H33N5O7/c1-18(37)26(28(33)40)36-31(43)23(16-19-12-14-21(15-13-19)27(39)20-8-4-2-5-9-20)35-30(42)24(17-25(32)38)34-29(41)22-10-6-3-7-11-22/h2-15,18,23-24,26,37H,16-17H2,1H3,(H2,32,38)(H2,33,40)(H,34,41)(H,35,42)(H,36,43)/t18-,23+,24+,26?/m1/s1. The van der Waals surface area contributed by atoms with Crippen molar-refractivity contribution in [1.29, 1.82) is 0 Å². The maximum Gasteiger partial charge on any atom is 0.251 e. The number of rotatable bonds is 14. The molecule has 0 aliphatic rings. The molecule has 43 heavy (non-hydrogen) atoms. The van der Waals surface area contributed by atoms with Crippen LogP contribution in [0.1, 0.15) is 45.2 Å². The van der Waals surface area contributed by atoms with Crippen molar-refractivity contribution in [2.75, 3.05) is 0 Å². The third-order valence-corrected chi connectivity index (χ3v) is 6.47. The molecule has 3 aromatic carbocycles. The molecule has 3 rings (SSSR count). The normalized spacial score (nSPS) is 13.4. The summed E-state index contributed by atoms with van der Waals surface area (Å²) in [5, 5.41) is 17.2. The van der Waals surface area contributed by atoms with E-state index in [1.165, 1.54) is 19.1 Å². The van der Waals surface area contributed by atoms with Crippen LogP contribution in [-0.2, 0) is 25.6 Å². The fraction of sp³-hybridized carbons (Fsp3) is 0.226. The third-order valence-electron chi connectivity index (χ3n) is 6.47. The van der Waals surface area contributed by atoms with Gasteiger partial charge in [0, 0.05) is 23.1 Å². The summed E-state index contributed by atoms with van der Waals surface area (Å²) in [6, 6.07) is 18.7. The lowest BCUT2D eigenvalue weighted by molar-refractivity contribution is -0.133. The molecule has 224 valence electrons. The van der Waals surface area contributed by atoms with E-state index in [-0.39, 0.29) is 17.8 Å². The molecule has 12 nitrogen and oxygen atoms in total. The van der Waals surface area contributed by atoms with Crippen molar-refractivity contribution in [2.45, 2.75) is 44.0 Å². The van der Waals surface area contributed by atoms with Crippen LogP contribution in [0.15, 0.2) is 84.9 Å². The number of aliphatic hydroxyl groups is 1. The van der Waals surface area contributed by atoms with Gasteiger partial charge < -0.3 is 32.5 Å². The smallest absolute Gasteiger partial charge is 0.251 e. The van der Waals surface area contributed by atoms with Crippen molar-refractivity contribution in [3.63, 3.8) is 0 Å². The molecule has 1 unspecified atom stereocenters. The van der Waals surface area contributed by atoms with E-state index in [1.807, 2.05) is 0 Å². The van der Waals surface area contributed by atoms with Crippen LogP contribution in [-0.4, -0.2) is 64.7 Å². The second kappa shape index (κ2) is 15.0. The van der Waals surface area contributed by atoms with Crippen molar-refractivity contribution in [2.24, 2.45) is 11.5 Å². The molecule has 0 aliphatic heterocycles. The summed E-state index contributed by atoms with van der Waals surface area (Å²) in [5.74, 6) is -4.50. The highest BCUT2D eigenvalue weighted by Crippen LogP contribution is 2.13. The first-order chi connectivity index (χ1) is 20.5.